The predicted molar refractivity (Wildman–Crippen MR) is 81.3 cm³/mol. The zero-order valence-corrected chi connectivity index (χ0v) is 13.2. The van der Waals surface area contributed by atoms with Gasteiger partial charge in [0, 0.05) is 6.04 Å². The minimum atomic E-state index is -4.71. The molecule has 1 aromatic carbocycles. The normalized spacial score (nSPS) is 13.1. The molecule has 130 valence electrons. The maximum atomic E-state index is 13.3. The lowest BCUT2D eigenvalue weighted by Gasteiger charge is -2.18. The molecule has 1 heterocycles. The first-order valence-corrected chi connectivity index (χ1v) is 7.37. The summed E-state index contributed by atoms with van der Waals surface area (Å²) < 4.78 is 40.7. The third-order valence-corrected chi connectivity index (χ3v) is 3.49. The minimum absolute atomic E-state index is 0.435. The van der Waals surface area contributed by atoms with Crippen LogP contribution >= 0.6 is 0 Å². The Morgan fingerprint density at radius 3 is 2.42 bits per heavy atom. The predicted octanol–water partition coefficient (Wildman–Crippen LogP) is 2.95. The van der Waals surface area contributed by atoms with Gasteiger partial charge in [-0.05, 0) is 19.4 Å². The average Bonchev–Trinajstić information content (AvgIpc) is 2.99. The van der Waals surface area contributed by atoms with Crippen molar-refractivity contribution in [3.8, 4) is 0 Å². The van der Waals surface area contributed by atoms with Gasteiger partial charge >= 0.3 is 6.18 Å². The quantitative estimate of drug-likeness (QED) is 0.879. The molecule has 0 aliphatic rings. The van der Waals surface area contributed by atoms with Crippen molar-refractivity contribution >= 4 is 5.91 Å². The molecule has 5 nitrogen and oxygen atoms in total. The van der Waals surface area contributed by atoms with Crippen LogP contribution in [0.15, 0.2) is 36.5 Å². The highest BCUT2D eigenvalue weighted by molar-refractivity contribution is 5.95. The zero-order chi connectivity index (χ0) is 17.9. The summed E-state index contributed by atoms with van der Waals surface area (Å²) in [4.78, 5) is 12.3. The Kier molecular flexibility index (Phi) is 5.28. The van der Waals surface area contributed by atoms with E-state index in [0.29, 0.717) is 5.56 Å². The number of nitrogens with one attached hydrogen (secondary N) is 1. The van der Waals surface area contributed by atoms with Crippen LogP contribution in [0.3, 0.4) is 0 Å². The van der Waals surface area contributed by atoms with Crippen LogP contribution in [0.4, 0.5) is 13.2 Å². The van der Waals surface area contributed by atoms with Crippen molar-refractivity contribution in [2.75, 3.05) is 6.61 Å². The van der Waals surface area contributed by atoms with E-state index in [1.165, 1.54) is 0 Å². The van der Waals surface area contributed by atoms with Crippen LogP contribution in [0.5, 0.6) is 0 Å². The molecule has 0 aliphatic heterocycles. The lowest BCUT2D eigenvalue weighted by Crippen LogP contribution is -2.32. The Balaban J connectivity index is 2.33. The smallest absolute Gasteiger partial charge is 0.394 e. The summed E-state index contributed by atoms with van der Waals surface area (Å²) in [6.07, 6.45) is -3.81. The molecule has 0 spiro atoms. The van der Waals surface area contributed by atoms with Crippen LogP contribution in [-0.2, 0) is 6.18 Å². The number of aliphatic hydroxyl groups excluding tert-OH is 1. The molecule has 1 atom stereocenters. The molecule has 1 aromatic heterocycles. The van der Waals surface area contributed by atoms with Crippen LogP contribution < -0.4 is 5.32 Å². The Hall–Kier alpha value is -2.35. The summed E-state index contributed by atoms with van der Waals surface area (Å²) in [6.45, 7) is 2.66. The van der Waals surface area contributed by atoms with E-state index in [1.54, 1.807) is 44.2 Å². The molecule has 0 saturated carbocycles. The number of benzene rings is 1. The van der Waals surface area contributed by atoms with Gasteiger partial charge in [-0.1, -0.05) is 30.3 Å². The van der Waals surface area contributed by atoms with Gasteiger partial charge in [-0.15, -0.1) is 0 Å². The molecule has 2 aromatic rings. The van der Waals surface area contributed by atoms with E-state index in [0.717, 1.165) is 10.9 Å². The molecule has 1 amide bonds. The molecule has 2 N–H and O–H groups in total. The molecule has 0 unspecified atom stereocenters. The van der Waals surface area contributed by atoms with Crippen molar-refractivity contribution in [1.29, 1.82) is 0 Å². The summed E-state index contributed by atoms with van der Waals surface area (Å²) in [7, 11) is 0. The van der Waals surface area contributed by atoms with E-state index in [4.69, 9.17) is 0 Å². The lowest BCUT2D eigenvalue weighted by molar-refractivity contribution is -0.145. The topological polar surface area (TPSA) is 67.2 Å². The Bertz CT molecular complexity index is 696. The molecule has 8 heteroatoms. The number of hydrogen-bond acceptors (Lipinski definition) is 3. The number of carbonyl (C=O) groups excluding carboxylic acids is 1. The van der Waals surface area contributed by atoms with Crippen molar-refractivity contribution in [2.24, 2.45) is 0 Å². The van der Waals surface area contributed by atoms with Crippen LogP contribution in [0.25, 0.3) is 0 Å². The number of aliphatic hydroxyl groups is 1. The summed E-state index contributed by atoms with van der Waals surface area (Å²) in [5.74, 6) is -0.933. The number of nitrogens with zero attached hydrogens (tertiary/aromatic N) is 2. The van der Waals surface area contributed by atoms with E-state index >= 15 is 0 Å². The van der Waals surface area contributed by atoms with Crippen molar-refractivity contribution < 1.29 is 23.1 Å². The highest BCUT2D eigenvalue weighted by atomic mass is 19.4. The fraction of sp³-hybridized carbons (Fsp3) is 0.375. The Morgan fingerprint density at radius 1 is 1.29 bits per heavy atom. The van der Waals surface area contributed by atoms with Gasteiger partial charge in [0.1, 0.15) is 0 Å². The van der Waals surface area contributed by atoms with Crippen molar-refractivity contribution in [1.82, 2.24) is 15.1 Å². The van der Waals surface area contributed by atoms with E-state index < -0.39 is 42.0 Å². The SMILES string of the molecule is CC(C)n1ncc(C(=O)N[C@H](CO)c2ccccc2)c1C(F)(F)F. The minimum Gasteiger partial charge on any atom is -0.394 e. The third-order valence-electron chi connectivity index (χ3n) is 3.49. The molecule has 0 bridgehead atoms. The van der Waals surface area contributed by atoms with E-state index in [-0.39, 0.29) is 0 Å². The molecule has 0 radical (unpaired) electrons. The number of alkyl halides is 3. The fourth-order valence-electron chi connectivity index (χ4n) is 2.36. The molecular formula is C16H18F3N3O2. The molecule has 0 saturated heterocycles. The second kappa shape index (κ2) is 7.04. The average molecular weight is 341 g/mol. The number of hydrogen-bond donors (Lipinski definition) is 2. The molecule has 2 rings (SSSR count). The van der Waals surface area contributed by atoms with E-state index in [1.807, 2.05) is 0 Å². The molecule has 24 heavy (non-hydrogen) atoms. The maximum Gasteiger partial charge on any atom is 0.433 e. The van der Waals surface area contributed by atoms with Gasteiger partial charge in [0.25, 0.3) is 5.91 Å². The number of rotatable bonds is 5. The molecule has 0 fully saturated rings. The summed E-state index contributed by atoms with van der Waals surface area (Å²) in [5.41, 5.74) is -1.07. The van der Waals surface area contributed by atoms with Crippen LogP contribution in [0.2, 0.25) is 0 Å². The summed E-state index contributed by atoms with van der Waals surface area (Å²) >= 11 is 0. The number of halogens is 3. The maximum absolute atomic E-state index is 13.3. The monoisotopic (exact) mass is 341 g/mol. The standard InChI is InChI=1S/C16H18F3N3O2/c1-10(2)22-14(16(17,18)19)12(8-20-22)15(24)21-13(9-23)11-6-4-3-5-7-11/h3-8,10,13,23H,9H2,1-2H3,(H,21,24)/t13-/m1/s1. The highest BCUT2D eigenvalue weighted by Crippen LogP contribution is 2.33. The largest absolute Gasteiger partial charge is 0.433 e. The van der Waals surface area contributed by atoms with Gasteiger partial charge in [0.2, 0.25) is 0 Å². The number of aromatic nitrogens is 2. The van der Waals surface area contributed by atoms with Crippen LogP contribution in [0, 0.1) is 0 Å². The third kappa shape index (κ3) is 3.76. The van der Waals surface area contributed by atoms with E-state index in [2.05, 4.69) is 10.4 Å². The van der Waals surface area contributed by atoms with Crippen molar-refractivity contribution in [2.45, 2.75) is 32.1 Å². The fourth-order valence-corrected chi connectivity index (χ4v) is 2.36. The van der Waals surface area contributed by atoms with Gasteiger partial charge in [0.15, 0.2) is 5.69 Å². The van der Waals surface area contributed by atoms with Gasteiger partial charge in [-0.25, -0.2) is 0 Å². The van der Waals surface area contributed by atoms with Gasteiger partial charge in [0.05, 0.1) is 24.4 Å². The second-order valence-electron chi connectivity index (χ2n) is 5.56. The number of amides is 1. The first-order valence-electron chi connectivity index (χ1n) is 7.37. The van der Waals surface area contributed by atoms with Crippen molar-refractivity contribution in [3.63, 3.8) is 0 Å². The highest BCUT2D eigenvalue weighted by Gasteiger charge is 2.40. The van der Waals surface area contributed by atoms with E-state index in [9.17, 15) is 23.1 Å². The Morgan fingerprint density at radius 2 is 1.92 bits per heavy atom. The summed E-state index contributed by atoms with van der Waals surface area (Å²) in [5, 5.41) is 15.5. The van der Waals surface area contributed by atoms with Gasteiger partial charge in [-0.2, -0.15) is 18.3 Å². The van der Waals surface area contributed by atoms with Gasteiger partial charge in [-0.3, -0.25) is 9.48 Å². The first kappa shape index (κ1) is 18.0. The Labute approximate surface area is 137 Å². The van der Waals surface area contributed by atoms with Crippen LogP contribution in [-0.4, -0.2) is 27.4 Å². The zero-order valence-electron chi connectivity index (χ0n) is 13.2. The first-order chi connectivity index (χ1) is 11.3. The second-order valence-corrected chi connectivity index (χ2v) is 5.56. The molecular weight excluding hydrogens is 323 g/mol. The van der Waals surface area contributed by atoms with Crippen LogP contribution in [0.1, 0.15) is 47.5 Å². The summed E-state index contributed by atoms with van der Waals surface area (Å²) in [6, 6.07) is 7.17. The molecule has 0 aliphatic carbocycles. The number of carbonyl (C=O) groups is 1. The van der Waals surface area contributed by atoms with Gasteiger partial charge < -0.3 is 10.4 Å². The lowest BCUT2D eigenvalue weighted by atomic mass is 10.1. The van der Waals surface area contributed by atoms with Crippen molar-refractivity contribution in [3.05, 3.63) is 53.3 Å².